The first-order valence-corrected chi connectivity index (χ1v) is 8.93. The lowest BCUT2D eigenvalue weighted by molar-refractivity contribution is 0.199. The second-order valence-corrected chi connectivity index (χ2v) is 6.82. The molecule has 3 aromatic rings. The highest BCUT2D eigenvalue weighted by Crippen LogP contribution is 2.28. The summed E-state index contributed by atoms with van der Waals surface area (Å²) in [6.45, 7) is 2.88. The molecule has 1 unspecified atom stereocenters. The highest BCUT2D eigenvalue weighted by Gasteiger charge is 2.25. The molecule has 1 atom stereocenters. The van der Waals surface area contributed by atoms with Gasteiger partial charge in [-0.25, -0.2) is 9.97 Å². The first kappa shape index (κ1) is 15.4. The van der Waals surface area contributed by atoms with E-state index in [1.54, 1.807) is 12.4 Å². The number of hydrogen-bond donors (Lipinski definition) is 0. The van der Waals surface area contributed by atoms with Crippen molar-refractivity contribution in [2.24, 2.45) is 0 Å². The van der Waals surface area contributed by atoms with Crippen molar-refractivity contribution in [2.75, 3.05) is 6.54 Å². The second-order valence-electron chi connectivity index (χ2n) is 5.85. The van der Waals surface area contributed by atoms with Crippen LogP contribution in [-0.4, -0.2) is 37.2 Å². The van der Waals surface area contributed by atoms with Crippen molar-refractivity contribution in [1.29, 1.82) is 0 Å². The van der Waals surface area contributed by atoms with E-state index in [4.69, 9.17) is 4.42 Å². The summed E-state index contributed by atoms with van der Waals surface area (Å²) in [4.78, 5) is 10.9. The number of rotatable bonds is 6. The number of hydrogen-bond acceptors (Lipinski definition) is 6. The Bertz CT molecular complexity index is 758. The first-order valence-electron chi connectivity index (χ1n) is 8.12. The fourth-order valence-electron chi connectivity index (χ4n) is 3.06. The van der Waals surface area contributed by atoms with Crippen molar-refractivity contribution in [3.63, 3.8) is 0 Å². The molecule has 0 saturated carbocycles. The maximum Gasteiger partial charge on any atom is 0.195 e. The Morgan fingerprint density at radius 3 is 2.92 bits per heavy atom. The van der Waals surface area contributed by atoms with E-state index in [1.165, 1.54) is 24.6 Å². The van der Waals surface area contributed by atoms with Crippen LogP contribution in [0.3, 0.4) is 0 Å². The zero-order valence-electron chi connectivity index (χ0n) is 13.3. The van der Waals surface area contributed by atoms with Crippen LogP contribution in [0.1, 0.15) is 18.6 Å². The van der Waals surface area contributed by atoms with Gasteiger partial charge < -0.3 is 4.42 Å². The van der Waals surface area contributed by atoms with Gasteiger partial charge in [-0.1, -0.05) is 0 Å². The standard InChI is InChI=1S/C17H19N5OS/c1-4-14(12-22-11-3-9-20-22)21(10-1)13-15-5-6-16(23-15)24-17-18-7-2-8-19-17/h2-3,5-9,11,14H,1,4,10,12-13H2. The molecular formula is C17H19N5OS. The van der Waals surface area contributed by atoms with Gasteiger partial charge in [0.1, 0.15) is 5.76 Å². The van der Waals surface area contributed by atoms with E-state index in [1.807, 2.05) is 35.3 Å². The van der Waals surface area contributed by atoms with Crippen LogP contribution in [0.2, 0.25) is 0 Å². The van der Waals surface area contributed by atoms with Gasteiger partial charge in [0.05, 0.1) is 13.1 Å². The Morgan fingerprint density at radius 2 is 2.08 bits per heavy atom. The molecule has 0 aromatic carbocycles. The minimum absolute atomic E-state index is 0.517. The molecule has 4 rings (SSSR count). The zero-order chi connectivity index (χ0) is 16.2. The van der Waals surface area contributed by atoms with E-state index >= 15 is 0 Å². The summed E-state index contributed by atoms with van der Waals surface area (Å²) in [6.07, 6.45) is 9.78. The zero-order valence-corrected chi connectivity index (χ0v) is 14.1. The molecule has 0 bridgehead atoms. The highest BCUT2D eigenvalue weighted by molar-refractivity contribution is 7.99. The van der Waals surface area contributed by atoms with Crippen molar-refractivity contribution in [3.8, 4) is 0 Å². The second kappa shape index (κ2) is 7.19. The Balaban J connectivity index is 1.38. The summed E-state index contributed by atoms with van der Waals surface area (Å²) in [5, 5.41) is 5.86. The molecule has 7 heteroatoms. The molecule has 0 spiro atoms. The summed E-state index contributed by atoms with van der Waals surface area (Å²) in [7, 11) is 0. The van der Waals surface area contributed by atoms with Gasteiger partial charge in [0.2, 0.25) is 0 Å². The lowest BCUT2D eigenvalue weighted by Crippen LogP contribution is -2.32. The highest BCUT2D eigenvalue weighted by atomic mass is 32.2. The average Bonchev–Trinajstić information content (AvgIpc) is 3.34. The number of furan rings is 1. The molecule has 0 N–H and O–H groups in total. The Kier molecular flexibility index (Phi) is 4.62. The average molecular weight is 341 g/mol. The number of nitrogens with zero attached hydrogens (tertiary/aromatic N) is 5. The fraction of sp³-hybridized carbons (Fsp3) is 0.353. The van der Waals surface area contributed by atoms with Crippen LogP contribution in [0.5, 0.6) is 0 Å². The van der Waals surface area contributed by atoms with Crippen LogP contribution in [-0.2, 0) is 13.1 Å². The number of aromatic nitrogens is 4. The summed E-state index contributed by atoms with van der Waals surface area (Å²) in [5.74, 6) is 0.987. The van der Waals surface area contributed by atoms with Crippen LogP contribution in [0.25, 0.3) is 0 Å². The summed E-state index contributed by atoms with van der Waals surface area (Å²) >= 11 is 1.45. The van der Waals surface area contributed by atoms with Gasteiger partial charge in [-0.3, -0.25) is 9.58 Å². The fourth-order valence-corrected chi connectivity index (χ4v) is 3.75. The molecule has 1 aliphatic rings. The van der Waals surface area contributed by atoms with Gasteiger partial charge in [-0.15, -0.1) is 0 Å². The van der Waals surface area contributed by atoms with Crippen LogP contribution >= 0.6 is 11.8 Å². The molecule has 1 aliphatic heterocycles. The van der Waals surface area contributed by atoms with Gasteiger partial charge in [0.15, 0.2) is 10.2 Å². The monoisotopic (exact) mass is 341 g/mol. The van der Waals surface area contributed by atoms with Crippen molar-refractivity contribution in [3.05, 3.63) is 54.8 Å². The summed E-state index contributed by atoms with van der Waals surface area (Å²) in [5.41, 5.74) is 0. The maximum atomic E-state index is 5.95. The van der Waals surface area contributed by atoms with E-state index in [9.17, 15) is 0 Å². The molecule has 6 nitrogen and oxygen atoms in total. The van der Waals surface area contributed by atoms with E-state index in [2.05, 4.69) is 26.0 Å². The molecule has 4 heterocycles. The van der Waals surface area contributed by atoms with E-state index in [-0.39, 0.29) is 0 Å². The van der Waals surface area contributed by atoms with Crippen molar-refractivity contribution < 1.29 is 4.42 Å². The third kappa shape index (κ3) is 3.68. The predicted molar refractivity (Wildman–Crippen MR) is 90.5 cm³/mol. The first-order chi connectivity index (χ1) is 11.9. The molecule has 1 fully saturated rings. The smallest absolute Gasteiger partial charge is 0.195 e. The summed E-state index contributed by atoms with van der Waals surface area (Å²) < 4.78 is 7.96. The van der Waals surface area contributed by atoms with Gasteiger partial charge in [-0.2, -0.15) is 5.10 Å². The third-order valence-corrected chi connectivity index (χ3v) is 5.00. The minimum atomic E-state index is 0.517. The molecule has 0 amide bonds. The SMILES string of the molecule is c1cnc(Sc2ccc(CN3CCCC3Cn3cccn3)o2)nc1. The van der Waals surface area contributed by atoms with E-state index in [0.29, 0.717) is 11.2 Å². The van der Waals surface area contributed by atoms with E-state index < -0.39 is 0 Å². The normalized spacial score (nSPS) is 18.2. The molecule has 0 aliphatic carbocycles. The largest absolute Gasteiger partial charge is 0.453 e. The van der Waals surface area contributed by atoms with Crippen molar-refractivity contribution >= 4 is 11.8 Å². The third-order valence-electron chi connectivity index (χ3n) is 4.19. The van der Waals surface area contributed by atoms with E-state index in [0.717, 1.165) is 30.5 Å². The van der Waals surface area contributed by atoms with Gasteiger partial charge in [0, 0.05) is 30.8 Å². The number of likely N-dealkylation sites (tertiary alicyclic amines) is 1. The molecule has 3 aromatic heterocycles. The Labute approximate surface area is 144 Å². The van der Waals surface area contributed by atoms with Crippen LogP contribution < -0.4 is 0 Å². The Hall–Kier alpha value is -2.12. The topological polar surface area (TPSA) is 60.0 Å². The van der Waals surface area contributed by atoms with Crippen LogP contribution in [0, 0.1) is 0 Å². The molecule has 124 valence electrons. The predicted octanol–water partition coefficient (Wildman–Crippen LogP) is 3.08. The minimum Gasteiger partial charge on any atom is -0.453 e. The van der Waals surface area contributed by atoms with Gasteiger partial charge in [0.25, 0.3) is 0 Å². The molecule has 0 radical (unpaired) electrons. The lowest BCUT2D eigenvalue weighted by atomic mass is 10.2. The molecule has 24 heavy (non-hydrogen) atoms. The quantitative estimate of drug-likeness (QED) is 0.642. The Morgan fingerprint density at radius 1 is 1.17 bits per heavy atom. The maximum absolute atomic E-state index is 5.95. The lowest BCUT2D eigenvalue weighted by Gasteiger charge is -2.23. The van der Waals surface area contributed by atoms with Crippen LogP contribution in [0.4, 0.5) is 0 Å². The van der Waals surface area contributed by atoms with Gasteiger partial charge >= 0.3 is 0 Å². The summed E-state index contributed by atoms with van der Waals surface area (Å²) in [6, 6.07) is 8.35. The van der Waals surface area contributed by atoms with Crippen LogP contribution in [0.15, 0.2) is 63.7 Å². The van der Waals surface area contributed by atoms with Gasteiger partial charge in [-0.05, 0) is 55.4 Å². The van der Waals surface area contributed by atoms with Crippen molar-refractivity contribution in [2.45, 2.75) is 42.2 Å². The molecule has 1 saturated heterocycles. The molecular weight excluding hydrogens is 322 g/mol. The van der Waals surface area contributed by atoms with Crippen molar-refractivity contribution in [1.82, 2.24) is 24.6 Å².